The molecule has 7 heteroatoms. The van der Waals surface area contributed by atoms with Crippen LogP contribution in [-0.4, -0.2) is 63.0 Å². The van der Waals surface area contributed by atoms with E-state index in [4.69, 9.17) is 5.73 Å². The molecule has 0 spiro atoms. The molecule has 2 aliphatic carbocycles. The lowest BCUT2D eigenvalue weighted by atomic mass is 9.91. The van der Waals surface area contributed by atoms with Crippen molar-refractivity contribution in [2.24, 2.45) is 11.7 Å². The number of nitrogens with zero attached hydrogens (tertiary/aromatic N) is 1. The Morgan fingerprint density at radius 3 is 2.35 bits per heavy atom. The van der Waals surface area contributed by atoms with E-state index in [9.17, 15) is 13.2 Å². The smallest absolute Gasteiger partial charge is 0.239 e. The van der Waals surface area contributed by atoms with Crippen molar-refractivity contribution < 1.29 is 13.2 Å². The van der Waals surface area contributed by atoms with Gasteiger partial charge in [0.2, 0.25) is 5.91 Å². The van der Waals surface area contributed by atoms with Crippen LogP contribution in [0.3, 0.4) is 0 Å². The fourth-order valence-corrected chi connectivity index (χ4v) is 3.28. The first-order valence-electron chi connectivity index (χ1n) is 7.17. The first kappa shape index (κ1) is 15.7. The molecule has 20 heavy (non-hydrogen) atoms. The Morgan fingerprint density at radius 1 is 1.35 bits per heavy atom. The Labute approximate surface area is 121 Å². The number of likely N-dealkylation sites (N-methyl/N-ethyl adjacent to an activating group) is 1. The van der Waals surface area contributed by atoms with Gasteiger partial charge in [0.25, 0.3) is 0 Å². The molecule has 3 N–H and O–H groups in total. The molecule has 1 amide bonds. The fourth-order valence-electron chi connectivity index (χ4n) is 2.64. The molecule has 2 rings (SSSR count). The summed E-state index contributed by atoms with van der Waals surface area (Å²) >= 11 is 0. The van der Waals surface area contributed by atoms with E-state index in [1.165, 1.54) is 6.26 Å². The molecule has 1 atom stereocenters. The predicted octanol–water partition coefficient (Wildman–Crippen LogP) is -0.651. The fraction of sp³-hybridized carbons (Fsp3) is 0.923. The summed E-state index contributed by atoms with van der Waals surface area (Å²) in [4.78, 5) is 13.9. The molecule has 0 radical (unpaired) electrons. The minimum Gasteiger partial charge on any atom is -0.368 e. The van der Waals surface area contributed by atoms with Crippen LogP contribution >= 0.6 is 0 Å². The van der Waals surface area contributed by atoms with Gasteiger partial charge in [0.15, 0.2) is 0 Å². The van der Waals surface area contributed by atoms with Crippen LogP contribution in [0.1, 0.15) is 25.7 Å². The monoisotopic (exact) mass is 303 g/mol. The van der Waals surface area contributed by atoms with Crippen molar-refractivity contribution in [2.75, 3.05) is 32.1 Å². The standard InChI is InChI=1S/C13H25N3O3S/c1-16(7-8-20(2,18)19)9-13(12(14)17,10-3-4-10)15-11-5-6-11/h10-11,15H,3-9H2,1-2H3,(H2,14,17). The molecule has 2 fully saturated rings. The molecule has 0 saturated heterocycles. The molecule has 0 bridgehead atoms. The molecule has 0 aromatic rings. The molecular formula is C13H25N3O3S. The second-order valence-corrected chi connectivity index (χ2v) is 8.66. The third-order valence-electron chi connectivity index (χ3n) is 4.12. The molecule has 0 aromatic carbocycles. The highest BCUT2D eigenvalue weighted by atomic mass is 32.2. The van der Waals surface area contributed by atoms with E-state index in [0.717, 1.165) is 25.7 Å². The summed E-state index contributed by atoms with van der Waals surface area (Å²) in [6.07, 6.45) is 5.44. The quantitative estimate of drug-likeness (QED) is 0.590. The SMILES string of the molecule is CN(CCS(C)(=O)=O)CC(NC1CC1)(C(N)=O)C1CC1. The largest absolute Gasteiger partial charge is 0.368 e. The van der Waals surface area contributed by atoms with Gasteiger partial charge in [-0.3, -0.25) is 10.1 Å². The van der Waals surface area contributed by atoms with E-state index < -0.39 is 15.4 Å². The zero-order valence-corrected chi connectivity index (χ0v) is 13.1. The van der Waals surface area contributed by atoms with E-state index >= 15 is 0 Å². The van der Waals surface area contributed by atoms with Gasteiger partial charge >= 0.3 is 0 Å². The lowest BCUT2D eigenvalue weighted by molar-refractivity contribution is -0.126. The highest BCUT2D eigenvalue weighted by Gasteiger charge is 2.52. The number of sulfone groups is 1. The van der Waals surface area contributed by atoms with Crippen molar-refractivity contribution in [3.8, 4) is 0 Å². The van der Waals surface area contributed by atoms with Crippen molar-refractivity contribution in [2.45, 2.75) is 37.3 Å². The number of hydrogen-bond acceptors (Lipinski definition) is 5. The van der Waals surface area contributed by atoms with Gasteiger partial charge in [0.1, 0.15) is 15.4 Å². The van der Waals surface area contributed by atoms with E-state index in [-0.39, 0.29) is 11.7 Å². The van der Waals surface area contributed by atoms with Gasteiger partial charge in [-0.15, -0.1) is 0 Å². The minimum atomic E-state index is -2.99. The van der Waals surface area contributed by atoms with E-state index in [2.05, 4.69) is 5.32 Å². The highest BCUT2D eigenvalue weighted by Crippen LogP contribution is 2.42. The van der Waals surface area contributed by atoms with Crippen molar-refractivity contribution in [3.63, 3.8) is 0 Å². The summed E-state index contributed by atoms with van der Waals surface area (Å²) in [5.74, 6) is 0.0892. The zero-order chi connectivity index (χ0) is 15.0. The Balaban J connectivity index is 2.00. The van der Waals surface area contributed by atoms with E-state index in [0.29, 0.717) is 25.0 Å². The first-order chi connectivity index (χ1) is 9.23. The summed E-state index contributed by atoms with van der Waals surface area (Å²) in [5, 5.41) is 3.43. The highest BCUT2D eigenvalue weighted by molar-refractivity contribution is 7.90. The van der Waals surface area contributed by atoms with Crippen molar-refractivity contribution >= 4 is 15.7 Å². The van der Waals surface area contributed by atoms with Crippen molar-refractivity contribution in [1.82, 2.24) is 10.2 Å². The number of carbonyl (C=O) groups excluding carboxylic acids is 1. The van der Waals surface area contributed by atoms with Gasteiger partial charge in [-0.2, -0.15) is 0 Å². The average molecular weight is 303 g/mol. The Morgan fingerprint density at radius 2 is 1.95 bits per heavy atom. The van der Waals surface area contributed by atoms with E-state index in [1.54, 1.807) is 0 Å². The van der Waals surface area contributed by atoms with Gasteiger partial charge < -0.3 is 10.6 Å². The number of amides is 1. The van der Waals surface area contributed by atoms with Crippen LogP contribution in [0.25, 0.3) is 0 Å². The maximum atomic E-state index is 12.0. The number of rotatable bonds is 9. The summed E-state index contributed by atoms with van der Waals surface area (Å²) < 4.78 is 22.5. The lowest BCUT2D eigenvalue weighted by Gasteiger charge is -2.36. The Bertz CT molecular complexity index is 471. The second kappa shape index (κ2) is 5.61. The van der Waals surface area contributed by atoms with Gasteiger partial charge in [-0.05, 0) is 38.6 Å². The number of primary amides is 1. The number of nitrogens with two attached hydrogens (primary N) is 1. The summed E-state index contributed by atoms with van der Waals surface area (Å²) in [7, 11) is -1.14. The number of hydrogen-bond donors (Lipinski definition) is 2. The summed E-state index contributed by atoms with van der Waals surface area (Å²) in [5.41, 5.74) is 4.99. The molecule has 116 valence electrons. The van der Waals surface area contributed by atoms with Crippen LogP contribution in [-0.2, 0) is 14.6 Å². The van der Waals surface area contributed by atoms with Gasteiger partial charge in [0, 0.05) is 25.4 Å². The molecule has 6 nitrogen and oxygen atoms in total. The molecule has 1 unspecified atom stereocenters. The van der Waals surface area contributed by atoms with E-state index in [1.807, 2.05) is 11.9 Å². The van der Waals surface area contributed by atoms with Crippen molar-refractivity contribution in [1.29, 1.82) is 0 Å². The van der Waals surface area contributed by atoms with Crippen LogP contribution in [0.4, 0.5) is 0 Å². The zero-order valence-electron chi connectivity index (χ0n) is 12.3. The topological polar surface area (TPSA) is 92.5 Å². The van der Waals surface area contributed by atoms with Crippen LogP contribution in [0, 0.1) is 5.92 Å². The van der Waals surface area contributed by atoms with Gasteiger partial charge in [-0.1, -0.05) is 0 Å². The third-order valence-corrected chi connectivity index (χ3v) is 5.04. The minimum absolute atomic E-state index is 0.104. The lowest BCUT2D eigenvalue weighted by Crippen LogP contribution is -2.63. The van der Waals surface area contributed by atoms with Crippen molar-refractivity contribution in [3.05, 3.63) is 0 Å². The Kier molecular flexibility index (Phi) is 4.41. The van der Waals surface area contributed by atoms with Crippen LogP contribution in [0.15, 0.2) is 0 Å². The predicted molar refractivity (Wildman–Crippen MR) is 78.0 cm³/mol. The summed E-state index contributed by atoms with van der Waals surface area (Å²) in [6, 6.07) is 0.395. The molecular weight excluding hydrogens is 278 g/mol. The summed E-state index contributed by atoms with van der Waals surface area (Å²) in [6.45, 7) is 0.909. The normalized spacial score (nSPS) is 22.8. The first-order valence-corrected chi connectivity index (χ1v) is 9.23. The maximum absolute atomic E-state index is 12.0. The molecule has 0 aliphatic heterocycles. The maximum Gasteiger partial charge on any atom is 0.239 e. The second-order valence-electron chi connectivity index (χ2n) is 6.40. The molecule has 0 heterocycles. The van der Waals surface area contributed by atoms with Gasteiger partial charge in [0.05, 0.1) is 5.75 Å². The van der Waals surface area contributed by atoms with Crippen LogP contribution in [0.5, 0.6) is 0 Å². The third kappa shape index (κ3) is 4.17. The molecule has 2 saturated carbocycles. The Hall–Kier alpha value is -0.660. The number of nitrogens with one attached hydrogen (secondary N) is 1. The molecule has 0 aromatic heterocycles. The van der Waals surface area contributed by atoms with Crippen LogP contribution in [0.2, 0.25) is 0 Å². The molecule has 2 aliphatic rings. The van der Waals surface area contributed by atoms with Gasteiger partial charge in [-0.25, -0.2) is 8.42 Å². The average Bonchev–Trinajstić information content (AvgIpc) is 3.16. The number of carbonyl (C=O) groups is 1. The van der Waals surface area contributed by atoms with Crippen LogP contribution < -0.4 is 11.1 Å².